The molecule has 0 saturated heterocycles. The average Bonchev–Trinajstić information content (AvgIpc) is 3.02. The van der Waals surface area contributed by atoms with E-state index in [4.69, 9.17) is 9.15 Å². The molecule has 3 aromatic rings. The Labute approximate surface area is 179 Å². The number of ether oxygens (including phenoxy) is 1. The lowest BCUT2D eigenvalue weighted by molar-refractivity contribution is 0.187. The normalized spacial score (nSPS) is 13.5. The molecule has 0 bridgehead atoms. The Bertz CT molecular complexity index is 1090. The fourth-order valence-corrected chi connectivity index (χ4v) is 3.67. The van der Waals surface area contributed by atoms with Gasteiger partial charge in [0.25, 0.3) is 0 Å². The molecule has 0 unspecified atom stereocenters. The topological polar surface area (TPSA) is 48.2 Å². The number of rotatable bonds is 7. The van der Waals surface area contributed by atoms with Crippen LogP contribution in [-0.2, 0) is 11.3 Å². The van der Waals surface area contributed by atoms with Crippen LogP contribution in [0.4, 0.5) is 4.39 Å². The number of allylic oxidation sites excluding steroid dienone is 5. The van der Waals surface area contributed by atoms with Crippen molar-refractivity contribution in [1.29, 1.82) is 0 Å². The van der Waals surface area contributed by atoms with E-state index >= 15 is 0 Å². The van der Waals surface area contributed by atoms with Gasteiger partial charge in [-0.2, -0.15) is 0 Å². The average molecular weight is 421 g/mol. The van der Waals surface area contributed by atoms with Crippen molar-refractivity contribution in [3.05, 3.63) is 95.8 Å². The predicted octanol–water partition coefficient (Wildman–Crippen LogP) is 6.72. The van der Waals surface area contributed by atoms with E-state index in [2.05, 4.69) is 35.1 Å². The summed E-state index contributed by atoms with van der Waals surface area (Å²) in [4.78, 5) is 8.97. The van der Waals surface area contributed by atoms with Crippen LogP contribution in [0.3, 0.4) is 0 Å². The fraction of sp³-hybridized carbons (Fsp3) is 0.167. The molecule has 4 rings (SSSR count). The van der Waals surface area contributed by atoms with Crippen LogP contribution < -0.4 is 0 Å². The summed E-state index contributed by atoms with van der Waals surface area (Å²) in [5.74, 6) is 0.995. The van der Waals surface area contributed by atoms with E-state index in [0.29, 0.717) is 22.2 Å². The van der Waals surface area contributed by atoms with Crippen LogP contribution in [0, 0.1) is 5.82 Å². The van der Waals surface area contributed by atoms with Crippen molar-refractivity contribution < 1.29 is 13.5 Å². The SMILES string of the molecule is CCC1=CC=C(OCc2nc(-c3ccc(F)cc3)oc2Sc2ccccn2)CC=C1. The molecule has 152 valence electrons. The molecule has 0 fully saturated rings. The van der Waals surface area contributed by atoms with Crippen LogP contribution in [0.25, 0.3) is 11.5 Å². The first-order chi connectivity index (χ1) is 14.7. The van der Waals surface area contributed by atoms with E-state index in [0.717, 1.165) is 23.6 Å². The Morgan fingerprint density at radius 2 is 2.00 bits per heavy atom. The molecule has 1 aromatic carbocycles. The van der Waals surface area contributed by atoms with Crippen molar-refractivity contribution in [3.8, 4) is 11.5 Å². The maximum Gasteiger partial charge on any atom is 0.227 e. The number of oxazole rings is 1. The highest BCUT2D eigenvalue weighted by Gasteiger charge is 2.18. The molecule has 1 aliphatic rings. The summed E-state index contributed by atoms with van der Waals surface area (Å²) in [5, 5.41) is 1.41. The number of nitrogens with zero attached hydrogens (tertiary/aromatic N) is 2. The van der Waals surface area contributed by atoms with E-state index in [1.165, 1.54) is 29.5 Å². The Morgan fingerprint density at radius 3 is 2.77 bits per heavy atom. The summed E-state index contributed by atoms with van der Waals surface area (Å²) in [6.07, 6.45) is 11.7. The van der Waals surface area contributed by atoms with Crippen LogP contribution in [0.2, 0.25) is 0 Å². The van der Waals surface area contributed by atoms with Gasteiger partial charge in [0.2, 0.25) is 5.89 Å². The van der Waals surface area contributed by atoms with Crippen molar-refractivity contribution in [3.63, 3.8) is 0 Å². The number of pyridine rings is 1. The first-order valence-electron chi connectivity index (χ1n) is 9.75. The number of hydrogen-bond acceptors (Lipinski definition) is 5. The highest BCUT2D eigenvalue weighted by molar-refractivity contribution is 7.99. The second kappa shape index (κ2) is 9.59. The maximum atomic E-state index is 13.3. The minimum absolute atomic E-state index is 0.273. The molecule has 0 saturated carbocycles. The number of halogens is 1. The zero-order valence-electron chi connectivity index (χ0n) is 16.5. The third-order valence-electron chi connectivity index (χ3n) is 4.52. The summed E-state index contributed by atoms with van der Waals surface area (Å²) in [6, 6.07) is 11.8. The monoisotopic (exact) mass is 420 g/mol. The van der Waals surface area contributed by atoms with Gasteiger partial charge in [-0.25, -0.2) is 14.4 Å². The second-order valence-electron chi connectivity index (χ2n) is 6.65. The minimum atomic E-state index is -0.301. The van der Waals surface area contributed by atoms with Gasteiger partial charge in [-0.05, 0) is 66.2 Å². The molecule has 0 aliphatic heterocycles. The maximum absolute atomic E-state index is 13.3. The van der Waals surface area contributed by atoms with Gasteiger partial charge in [-0.15, -0.1) is 0 Å². The highest BCUT2D eigenvalue weighted by atomic mass is 32.2. The zero-order chi connectivity index (χ0) is 20.8. The lowest BCUT2D eigenvalue weighted by Crippen LogP contribution is -1.95. The zero-order valence-corrected chi connectivity index (χ0v) is 17.4. The third kappa shape index (κ3) is 5.07. The van der Waals surface area contributed by atoms with Crippen LogP contribution in [-0.4, -0.2) is 9.97 Å². The summed E-state index contributed by atoms with van der Waals surface area (Å²) in [7, 11) is 0. The largest absolute Gasteiger partial charge is 0.491 e. The highest BCUT2D eigenvalue weighted by Crippen LogP contribution is 2.34. The molecule has 0 N–H and O–H groups in total. The molecule has 0 radical (unpaired) electrons. The van der Waals surface area contributed by atoms with Crippen molar-refractivity contribution in [2.45, 2.75) is 36.5 Å². The molecule has 30 heavy (non-hydrogen) atoms. The van der Waals surface area contributed by atoms with Crippen molar-refractivity contribution in [2.24, 2.45) is 0 Å². The molecule has 4 nitrogen and oxygen atoms in total. The Hall–Kier alpha value is -3.12. The van der Waals surface area contributed by atoms with Crippen LogP contribution in [0.15, 0.2) is 98.8 Å². The van der Waals surface area contributed by atoms with Crippen LogP contribution in [0.5, 0.6) is 0 Å². The quantitative estimate of drug-likeness (QED) is 0.424. The Kier molecular flexibility index (Phi) is 6.44. The molecule has 2 aromatic heterocycles. The minimum Gasteiger partial charge on any atom is -0.491 e. The first kappa shape index (κ1) is 20.2. The standard InChI is InChI=1S/C24H21FN2O2S/c1-2-17-6-5-7-20(14-9-17)28-16-21-24(30-22-8-3-4-15-26-22)29-23(27-21)18-10-12-19(25)13-11-18/h3-6,8-15H,2,7,16H2,1H3. The van der Waals surface area contributed by atoms with Gasteiger partial charge in [0.15, 0.2) is 5.09 Å². The van der Waals surface area contributed by atoms with Gasteiger partial charge in [-0.1, -0.05) is 31.2 Å². The molecule has 0 amide bonds. The predicted molar refractivity (Wildman–Crippen MR) is 115 cm³/mol. The van der Waals surface area contributed by atoms with E-state index in [-0.39, 0.29) is 12.4 Å². The lowest BCUT2D eigenvalue weighted by atomic mass is 10.2. The second-order valence-corrected chi connectivity index (χ2v) is 7.65. The molecule has 6 heteroatoms. The molecule has 2 heterocycles. The first-order valence-corrected chi connectivity index (χ1v) is 10.6. The fourth-order valence-electron chi connectivity index (χ4n) is 2.88. The van der Waals surface area contributed by atoms with Gasteiger partial charge in [0.05, 0.1) is 0 Å². The summed E-state index contributed by atoms with van der Waals surface area (Å²) >= 11 is 1.39. The Balaban J connectivity index is 1.58. The van der Waals surface area contributed by atoms with Gasteiger partial charge in [-0.3, -0.25) is 0 Å². The van der Waals surface area contributed by atoms with Gasteiger partial charge >= 0.3 is 0 Å². The van der Waals surface area contributed by atoms with Crippen LogP contribution in [0.1, 0.15) is 25.5 Å². The number of aromatic nitrogens is 2. The number of hydrogen-bond donors (Lipinski definition) is 0. The van der Waals surface area contributed by atoms with E-state index < -0.39 is 0 Å². The molecular formula is C24H21FN2O2S. The van der Waals surface area contributed by atoms with Gasteiger partial charge in [0.1, 0.15) is 28.9 Å². The Morgan fingerprint density at radius 1 is 1.13 bits per heavy atom. The van der Waals surface area contributed by atoms with E-state index in [1.807, 2.05) is 24.3 Å². The molecule has 1 aliphatic carbocycles. The molecule has 0 atom stereocenters. The van der Waals surface area contributed by atoms with E-state index in [9.17, 15) is 4.39 Å². The summed E-state index contributed by atoms with van der Waals surface area (Å²) in [6.45, 7) is 2.40. The molecular weight excluding hydrogens is 399 g/mol. The lowest BCUT2D eigenvalue weighted by Gasteiger charge is -2.07. The van der Waals surface area contributed by atoms with Crippen LogP contribution >= 0.6 is 11.8 Å². The smallest absolute Gasteiger partial charge is 0.227 e. The third-order valence-corrected chi connectivity index (χ3v) is 5.48. The van der Waals surface area contributed by atoms with Gasteiger partial charge in [0, 0.05) is 18.2 Å². The van der Waals surface area contributed by atoms with Crippen molar-refractivity contribution in [1.82, 2.24) is 9.97 Å². The van der Waals surface area contributed by atoms with Crippen molar-refractivity contribution in [2.75, 3.05) is 0 Å². The number of benzene rings is 1. The summed E-state index contributed by atoms with van der Waals surface area (Å²) < 4.78 is 25.3. The van der Waals surface area contributed by atoms with Gasteiger partial charge < -0.3 is 9.15 Å². The van der Waals surface area contributed by atoms with E-state index in [1.54, 1.807) is 18.3 Å². The summed E-state index contributed by atoms with van der Waals surface area (Å²) in [5.41, 5.74) is 2.65. The molecule has 0 spiro atoms. The van der Waals surface area contributed by atoms with Crippen molar-refractivity contribution >= 4 is 11.8 Å².